The van der Waals surface area contributed by atoms with Gasteiger partial charge < -0.3 is 25.8 Å². The highest BCUT2D eigenvalue weighted by molar-refractivity contribution is 5.88. The van der Waals surface area contributed by atoms with E-state index >= 15 is 0 Å². The minimum atomic E-state index is -1.05. The number of aliphatic carboxylic acids is 1. The van der Waals surface area contributed by atoms with Crippen molar-refractivity contribution in [3.05, 3.63) is 29.3 Å². The molecule has 8 heteroatoms. The molecular formula is C24H41N3O5. The number of hydrogen-bond acceptors (Lipinski definition) is 5. The maximum absolute atomic E-state index is 12.2. The Kier molecular flexibility index (Phi) is 15.6. The van der Waals surface area contributed by atoms with E-state index in [-0.39, 0.29) is 18.7 Å². The number of carboxylic acid groups (broad SMARTS) is 1. The van der Waals surface area contributed by atoms with E-state index in [1.807, 2.05) is 46.0 Å². The zero-order chi connectivity index (χ0) is 24.5. The Morgan fingerprint density at radius 3 is 2.44 bits per heavy atom. The van der Waals surface area contributed by atoms with Gasteiger partial charge in [0.25, 0.3) is 0 Å². The van der Waals surface area contributed by atoms with E-state index in [2.05, 4.69) is 22.9 Å². The van der Waals surface area contributed by atoms with Crippen molar-refractivity contribution < 1.29 is 24.2 Å². The van der Waals surface area contributed by atoms with Crippen molar-refractivity contribution in [3.63, 3.8) is 0 Å². The van der Waals surface area contributed by atoms with Crippen molar-refractivity contribution in [1.29, 1.82) is 0 Å². The van der Waals surface area contributed by atoms with E-state index in [9.17, 15) is 14.4 Å². The van der Waals surface area contributed by atoms with Gasteiger partial charge in [0.2, 0.25) is 11.8 Å². The van der Waals surface area contributed by atoms with Crippen LogP contribution in [0.4, 0.5) is 0 Å². The summed E-state index contributed by atoms with van der Waals surface area (Å²) in [4.78, 5) is 34.4. The third-order valence-electron chi connectivity index (χ3n) is 4.98. The summed E-state index contributed by atoms with van der Waals surface area (Å²) in [5, 5.41) is 17.1. The molecule has 0 saturated heterocycles. The molecule has 0 radical (unpaired) electrons. The Labute approximate surface area is 192 Å². The maximum atomic E-state index is 12.2. The first-order valence-electron chi connectivity index (χ1n) is 11.4. The summed E-state index contributed by atoms with van der Waals surface area (Å²) in [5.74, 6) is -0.504. The summed E-state index contributed by atoms with van der Waals surface area (Å²) in [6.45, 7) is 11.6. The molecule has 8 nitrogen and oxygen atoms in total. The molecule has 1 rings (SSSR count). The lowest BCUT2D eigenvalue weighted by molar-refractivity contribution is -0.139. The number of aryl methyl sites for hydroxylation is 1. The van der Waals surface area contributed by atoms with Gasteiger partial charge in [-0.25, -0.2) is 0 Å². The molecule has 0 spiro atoms. The average molecular weight is 452 g/mol. The molecule has 0 saturated carbocycles. The minimum Gasteiger partial charge on any atom is -0.494 e. The summed E-state index contributed by atoms with van der Waals surface area (Å²) in [7, 11) is 1.95. The first-order valence-corrected chi connectivity index (χ1v) is 11.4. The largest absolute Gasteiger partial charge is 0.494 e. The fourth-order valence-electron chi connectivity index (χ4n) is 2.95. The summed E-state index contributed by atoms with van der Waals surface area (Å²) in [6, 6.07) is 5.05. The predicted molar refractivity (Wildman–Crippen MR) is 127 cm³/mol. The van der Waals surface area contributed by atoms with E-state index in [0.29, 0.717) is 19.1 Å². The lowest BCUT2D eigenvalue weighted by atomic mass is 10.0. The second-order valence-electron chi connectivity index (χ2n) is 7.46. The van der Waals surface area contributed by atoms with E-state index in [1.54, 1.807) is 6.92 Å². The number of carbonyl (C=O) groups excluding carboxylic acids is 2. The van der Waals surface area contributed by atoms with Crippen LogP contribution in [0.3, 0.4) is 0 Å². The van der Waals surface area contributed by atoms with Crippen molar-refractivity contribution in [2.45, 2.75) is 72.9 Å². The Bertz CT molecular complexity index is 709. The molecule has 0 bridgehead atoms. The van der Waals surface area contributed by atoms with Crippen LogP contribution in [0.2, 0.25) is 0 Å². The van der Waals surface area contributed by atoms with Crippen LogP contribution in [0.25, 0.3) is 0 Å². The standard InChI is InChI=1S/C22H35N3O5.C2H6/c1-5-17(13-23-4)10-11-30-19-7-6-15(2)18(12-19)14-24-22(29)16(3)25-20(26)8-9-21(27)28;1-2/h6-7,12,16-17,23H,5,8-11,13-14H2,1-4H3,(H,24,29)(H,25,26)(H,27,28);1-2H3/t16-,17?;/m0./s1. The maximum Gasteiger partial charge on any atom is 0.303 e. The van der Waals surface area contributed by atoms with Crippen molar-refractivity contribution in [2.75, 3.05) is 20.2 Å². The van der Waals surface area contributed by atoms with Gasteiger partial charge in [-0.1, -0.05) is 33.3 Å². The molecule has 0 aliphatic carbocycles. The molecule has 0 aromatic heterocycles. The van der Waals surface area contributed by atoms with Crippen LogP contribution in [0.5, 0.6) is 5.75 Å². The second kappa shape index (κ2) is 17.0. The predicted octanol–water partition coefficient (Wildman–Crippen LogP) is 3.02. The van der Waals surface area contributed by atoms with Gasteiger partial charge in [-0.05, 0) is 63.0 Å². The monoisotopic (exact) mass is 451 g/mol. The molecule has 0 aliphatic rings. The number of hydrogen-bond donors (Lipinski definition) is 4. The number of carboxylic acids is 1. The molecule has 2 atom stereocenters. The lowest BCUT2D eigenvalue weighted by Crippen LogP contribution is -2.44. The van der Waals surface area contributed by atoms with Crippen LogP contribution in [-0.2, 0) is 20.9 Å². The smallest absolute Gasteiger partial charge is 0.303 e. The van der Waals surface area contributed by atoms with Gasteiger partial charge in [0.05, 0.1) is 13.0 Å². The van der Waals surface area contributed by atoms with Crippen molar-refractivity contribution in [1.82, 2.24) is 16.0 Å². The molecule has 0 heterocycles. The lowest BCUT2D eigenvalue weighted by Gasteiger charge is -2.17. The number of amides is 2. The van der Waals surface area contributed by atoms with Gasteiger partial charge in [-0.15, -0.1) is 0 Å². The van der Waals surface area contributed by atoms with Gasteiger partial charge in [0.15, 0.2) is 0 Å². The molecule has 0 aliphatic heterocycles. The van der Waals surface area contributed by atoms with Gasteiger partial charge in [-0.3, -0.25) is 14.4 Å². The van der Waals surface area contributed by atoms with Crippen LogP contribution in [0.1, 0.15) is 64.5 Å². The molecule has 1 unspecified atom stereocenters. The van der Waals surface area contributed by atoms with Gasteiger partial charge >= 0.3 is 5.97 Å². The number of ether oxygens (including phenoxy) is 1. The van der Waals surface area contributed by atoms with Crippen molar-refractivity contribution >= 4 is 17.8 Å². The van der Waals surface area contributed by atoms with Crippen LogP contribution < -0.4 is 20.7 Å². The fraction of sp³-hybridized carbons (Fsp3) is 0.625. The Hall–Kier alpha value is -2.61. The highest BCUT2D eigenvalue weighted by Gasteiger charge is 2.16. The Morgan fingerprint density at radius 1 is 1.16 bits per heavy atom. The summed E-state index contributed by atoms with van der Waals surface area (Å²) in [6.07, 6.45) is 1.65. The number of carbonyl (C=O) groups is 3. The quantitative estimate of drug-likeness (QED) is 0.345. The number of nitrogens with one attached hydrogen (secondary N) is 3. The molecule has 1 aromatic rings. The number of benzene rings is 1. The van der Waals surface area contributed by atoms with E-state index in [1.165, 1.54) is 0 Å². The van der Waals surface area contributed by atoms with Gasteiger partial charge in [0.1, 0.15) is 11.8 Å². The highest BCUT2D eigenvalue weighted by Crippen LogP contribution is 2.18. The van der Waals surface area contributed by atoms with Crippen molar-refractivity contribution in [2.24, 2.45) is 5.92 Å². The Balaban J connectivity index is 0.00000466. The van der Waals surface area contributed by atoms with Crippen LogP contribution in [0, 0.1) is 12.8 Å². The highest BCUT2D eigenvalue weighted by atomic mass is 16.5. The molecule has 4 N–H and O–H groups in total. The first-order chi connectivity index (χ1) is 15.3. The second-order valence-corrected chi connectivity index (χ2v) is 7.46. The third-order valence-corrected chi connectivity index (χ3v) is 4.98. The molecule has 1 aromatic carbocycles. The summed E-state index contributed by atoms with van der Waals surface area (Å²) in [5.41, 5.74) is 1.97. The zero-order valence-corrected chi connectivity index (χ0v) is 20.4. The minimum absolute atomic E-state index is 0.154. The van der Waals surface area contributed by atoms with E-state index < -0.39 is 17.9 Å². The summed E-state index contributed by atoms with van der Waals surface area (Å²) < 4.78 is 5.89. The van der Waals surface area contributed by atoms with Crippen LogP contribution in [0.15, 0.2) is 18.2 Å². The zero-order valence-electron chi connectivity index (χ0n) is 20.4. The molecule has 182 valence electrons. The molecular weight excluding hydrogens is 410 g/mol. The molecule has 2 amide bonds. The van der Waals surface area contributed by atoms with Gasteiger partial charge in [-0.2, -0.15) is 0 Å². The fourth-order valence-corrected chi connectivity index (χ4v) is 2.95. The van der Waals surface area contributed by atoms with Crippen LogP contribution in [-0.4, -0.2) is 49.1 Å². The third kappa shape index (κ3) is 12.3. The van der Waals surface area contributed by atoms with Gasteiger partial charge in [0, 0.05) is 13.0 Å². The normalized spacial score (nSPS) is 12.1. The molecule has 32 heavy (non-hydrogen) atoms. The first kappa shape index (κ1) is 29.4. The number of rotatable bonds is 14. The topological polar surface area (TPSA) is 117 Å². The molecule has 0 fully saturated rings. The van der Waals surface area contributed by atoms with E-state index in [0.717, 1.165) is 36.3 Å². The summed E-state index contributed by atoms with van der Waals surface area (Å²) >= 11 is 0. The average Bonchev–Trinajstić information content (AvgIpc) is 2.78. The van der Waals surface area contributed by atoms with E-state index in [4.69, 9.17) is 9.84 Å². The Morgan fingerprint density at radius 2 is 1.84 bits per heavy atom. The SMILES string of the molecule is CC.CCC(CCOc1ccc(C)c(CNC(=O)[C@H](C)NC(=O)CCC(=O)O)c1)CNC. The van der Waals surface area contributed by atoms with Crippen LogP contribution >= 0.6 is 0 Å². The van der Waals surface area contributed by atoms with Crippen molar-refractivity contribution in [3.8, 4) is 5.75 Å².